The summed E-state index contributed by atoms with van der Waals surface area (Å²) in [4.78, 5) is 23.9. The van der Waals surface area contributed by atoms with Gasteiger partial charge in [0, 0.05) is 11.4 Å². The van der Waals surface area contributed by atoms with Gasteiger partial charge in [-0.25, -0.2) is 8.78 Å². The lowest BCUT2D eigenvalue weighted by Crippen LogP contribution is -2.35. The van der Waals surface area contributed by atoms with Gasteiger partial charge in [-0.05, 0) is 36.2 Å². The summed E-state index contributed by atoms with van der Waals surface area (Å²) in [5, 5.41) is 12.0. The number of hydrogen-bond donors (Lipinski definition) is 2. The number of carbonyl (C=O) groups excluding carboxylic acids is 1. The maximum Gasteiger partial charge on any atom is 0.308 e. The summed E-state index contributed by atoms with van der Waals surface area (Å²) in [5.74, 6) is -3.63. The fraction of sp³-hybridized carbons (Fsp3) is 0.263. The molecule has 8 heteroatoms. The third-order valence-corrected chi connectivity index (χ3v) is 4.81. The van der Waals surface area contributed by atoms with Crippen LogP contribution in [-0.2, 0) is 16.0 Å². The average molecular weight is 395 g/mol. The smallest absolute Gasteiger partial charge is 0.308 e. The number of amides is 1. The summed E-state index contributed by atoms with van der Waals surface area (Å²) < 4.78 is 31.3. The molecular formula is C19H19F2NO4S. The molecule has 0 aliphatic carbocycles. The Kier molecular flexibility index (Phi) is 7.60. The summed E-state index contributed by atoms with van der Waals surface area (Å²) in [7, 11) is 1.51. The number of rotatable bonds is 9. The first-order chi connectivity index (χ1) is 12.9. The third kappa shape index (κ3) is 6.25. The van der Waals surface area contributed by atoms with Crippen LogP contribution in [0.4, 0.5) is 8.78 Å². The molecule has 0 heterocycles. The number of ether oxygens (including phenoxy) is 1. The molecule has 0 aromatic heterocycles. The van der Waals surface area contributed by atoms with Crippen molar-refractivity contribution in [1.29, 1.82) is 0 Å². The second-order valence-corrected chi connectivity index (χ2v) is 6.77. The van der Waals surface area contributed by atoms with Crippen LogP contribution in [-0.4, -0.2) is 36.4 Å². The first-order valence-electron chi connectivity index (χ1n) is 8.10. The molecule has 27 heavy (non-hydrogen) atoms. The number of aliphatic carboxylic acids is 1. The van der Waals surface area contributed by atoms with Crippen molar-refractivity contribution >= 4 is 23.6 Å². The molecule has 2 rings (SSSR count). The van der Waals surface area contributed by atoms with E-state index in [1.54, 1.807) is 24.3 Å². The lowest BCUT2D eigenvalue weighted by atomic mass is 9.98. The molecule has 5 nitrogen and oxygen atoms in total. The maximum absolute atomic E-state index is 13.2. The average Bonchev–Trinajstić information content (AvgIpc) is 2.66. The van der Waals surface area contributed by atoms with Crippen molar-refractivity contribution in [2.75, 3.05) is 19.4 Å². The van der Waals surface area contributed by atoms with Crippen LogP contribution in [0.3, 0.4) is 0 Å². The summed E-state index contributed by atoms with van der Waals surface area (Å²) in [6.07, 6.45) is 0.204. The SMILES string of the molecule is COc1ccccc1CC(CNC(=O)CSc1ccc(F)c(F)c1)C(=O)O. The Labute approximate surface area is 159 Å². The van der Waals surface area contributed by atoms with Gasteiger partial charge in [0.2, 0.25) is 5.91 Å². The first kappa shape index (κ1) is 20.7. The van der Waals surface area contributed by atoms with Crippen molar-refractivity contribution < 1.29 is 28.2 Å². The van der Waals surface area contributed by atoms with E-state index in [2.05, 4.69) is 5.32 Å². The molecule has 2 aromatic rings. The van der Waals surface area contributed by atoms with Gasteiger partial charge in [0.1, 0.15) is 5.75 Å². The predicted molar refractivity (Wildman–Crippen MR) is 97.9 cm³/mol. The highest BCUT2D eigenvalue weighted by atomic mass is 32.2. The van der Waals surface area contributed by atoms with E-state index in [1.165, 1.54) is 13.2 Å². The molecule has 2 aromatic carbocycles. The van der Waals surface area contributed by atoms with Crippen molar-refractivity contribution in [1.82, 2.24) is 5.32 Å². The molecule has 1 amide bonds. The van der Waals surface area contributed by atoms with Crippen LogP contribution < -0.4 is 10.1 Å². The van der Waals surface area contributed by atoms with Crippen molar-refractivity contribution in [3.63, 3.8) is 0 Å². The number of benzene rings is 2. The highest BCUT2D eigenvalue weighted by molar-refractivity contribution is 8.00. The van der Waals surface area contributed by atoms with Crippen LogP contribution in [0.15, 0.2) is 47.4 Å². The lowest BCUT2D eigenvalue weighted by molar-refractivity contribution is -0.141. The van der Waals surface area contributed by atoms with E-state index in [0.717, 1.165) is 29.5 Å². The largest absolute Gasteiger partial charge is 0.496 e. The van der Waals surface area contributed by atoms with Gasteiger partial charge in [0.25, 0.3) is 0 Å². The Balaban J connectivity index is 1.88. The standard InChI is InChI=1S/C19H19F2NO4S/c1-26-17-5-3-2-4-12(17)8-13(19(24)25)10-22-18(23)11-27-14-6-7-15(20)16(21)9-14/h2-7,9,13H,8,10-11H2,1H3,(H,22,23)(H,24,25). The molecule has 0 spiro atoms. The number of carbonyl (C=O) groups is 2. The highest BCUT2D eigenvalue weighted by Gasteiger charge is 2.20. The van der Waals surface area contributed by atoms with E-state index in [4.69, 9.17) is 4.74 Å². The van der Waals surface area contributed by atoms with Crippen molar-refractivity contribution in [3.05, 3.63) is 59.7 Å². The normalized spacial score (nSPS) is 11.7. The number of carboxylic acid groups (broad SMARTS) is 1. The van der Waals surface area contributed by atoms with Crippen LogP contribution >= 0.6 is 11.8 Å². The minimum atomic E-state index is -1.03. The van der Waals surface area contributed by atoms with Gasteiger partial charge in [0.05, 0.1) is 18.8 Å². The molecule has 2 N–H and O–H groups in total. The number of methoxy groups -OCH3 is 1. The van der Waals surface area contributed by atoms with Crippen LogP contribution in [0.2, 0.25) is 0 Å². The lowest BCUT2D eigenvalue weighted by Gasteiger charge is -2.15. The highest BCUT2D eigenvalue weighted by Crippen LogP contribution is 2.22. The van der Waals surface area contributed by atoms with Gasteiger partial charge in [-0.1, -0.05) is 18.2 Å². The minimum absolute atomic E-state index is 0.0356. The van der Waals surface area contributed by atoms with Gasteiger partial charge in [-0.2, -0.15) is 0 Å². The zero-order valence-electron chi connectivity index (χ0n) is 14.6. The number of hydrogen-bond acceptors (Lipinski definition) is 4. The van der Waals surface area contributed by atoms with Crippen LogP contribution in [0.1, 0.15) is 5.56 Å². The second kappa shape index (κ2) is 9.91. The molecule has 144 valence electrons. The summed E-state index contributed by atoms with van der Waals surface area (Å²) in [5.41, 5.74) is 0.734. The van der Waals surface area contributed by atoms with Crippen LogP contribution in [0.25, 0.3) is 0 Å². The van der Waals surface area contributed by atoms with Crippen molar-refractivity contribution in [2.24, 2.45) is 5.92 Å². The van der Waals surface area contributed by atoms with Gasteiger partial charge in [0.15, 0.2) is 11.6 Å². The molecule has 0 aliphatic rings. The first-order valence-corrected chi connectivity index (χ1v) is 9.08. The monoisotopic (exact) mass is 395 g/mol. The summed E-state index contributed by atoms with van der Waals surface area (Å²) in [6.45, 7) is -0.0510. The Morgan fingerprint density at radius 2 is 1.93 bits per heavy atom. The number of thioether (sulfide) groups is 1. The van der Waals surface area contributed by atoms with E-state index >= 15 is 0 Å². The second-order valence-electron chi connectivity index (χ2n) is 5.72. The van der Waals surface area contributed by atoms with Crippen molar-refractivity contribution in [2.45, 2.75) is 11.3 Å². The summed E-state index contributed by atoms with van der Waals surface area (Å²) >= 11 is 1.04. The Hall–Kier alpha value is -2.61. The maximum atomic E-state index is 13.2. The number of nitrogens with one attached hydrogen (secondary N) is 1. The molecule has 1 unspecified atom stereocenters. The van der Waals surface area contributed by atoms with Gasteiger partial charge < -0.3 is 15.2 Å². The fourth-order valence-corrected chi connectivity index (χ4v) is 3.14. The van der Waals surface area contributed by atoms with E-state index in [9.17, 15) is 23.5 Å². The predicted octanol–water partition coefficient (Wildman–Crippen LogP) is 3.13. The van der Waals surface area contributed by atoms with E-state index in [0.29, 0.717) is 10.6 Å². The molecule has 0 saturated heterocycles. The molecule has 0 fully saturated rings. The topological polar surface area (TPSA) is 75.6 Å². The van der Waals surface area contributed by atoms with E-state index in [-0.39, 0.29) is 18.7 Å². The van der Waals surface area contributed by atoms with Gasteiger partial charge in [-0.15, -0.1) is 11.8 Å². The fourth-order valence-electron chi connectivity index (χ4n) is 2.39. The molecule has 0 aliphatic heterocycles. The minimum Gasteiger partial charge on any atom is -0.496 e. The number of halogens is 2. The third-order valence-electron chi connectivity index (χ3n) is 3.81. The number of carboxylic acids is 1. The quantitative estimate of drug-likeness (QED) is 0.638. The molecular weight excluding hydrogens is 376 g/mol. The molecule has 0 bridgehead atoms. The van der Waals surface area contributed by atoms with E-state index < -0.39 is 29.4 Å². The number of para-hydroxylation sites is 1. The zero-order chi connectivity index (χ0) is 19.8. The van der Waals surface area contributed by atoms with Crippen molar-refractivity contribution in [3.8, 4) is 5.75 Å². The zero-order valence-corrected chi connectivity index (χ0v) is 15.4. The van der Waals surface area contributed by atoms with Gasteiger partial charge >= 0.3 is 5.97 Å². The van der Waals surface area contributed by atoms with Crippen LogP contribution in [0.5, 0.6) is 5.75 Å². The molecule has 0 radical (unpaired) electrons. The summed E-state index contributed by atoms with van der Waals surface area (Å²) in [6, 6.07) is 10.5. The molecule has 1 atom stereocenters. The Bertz CT molecular complexity index is 816. The molecule has 0 saturated carbocycles. The van der Waals surface area contributed by atoms with Crippen LogP contribution in [0, 0.1) is 17.6 Å². The Morgan fingerprint density at radius 1 is 1.19 bits per heavy atom. The Morgan fingerprint density at radius 3 is 2.59 bits per heavy atom. The van der Waals surface area contributed by atoms with E-state index in [1.807, 2.05) is 0 Å². The van der Waals surface area contributed by atoms with Gasteiger partial charge in [-0.3, -0.25) is 9.59 Å².